The van der Waals surface area contributed by atoms with E-state index in [4.69, 9.17) is 15.6 Å². The number of methoxy groups -OCH3 is 1. The van der Waals surface area contributed by atoms with E-state index in [0.717, 1.165) is 22.4 Å². The molecule has 0 radical (unpaired) electrons. The lowest BCUT2D eigenvalue weighted by molar-refractivity contribution is -0.138. The molecule has 106 valence electrons. The molecule has 1 aromatic rings. The molecule has 1 aromatic carbocycles. The van der Waals surface area contributed by atoms with Crippen molar-refractivity contribution in [3.05, 3.63) is 28.8 Å². The molecule has 1 rings (SSSR count). The molecule has 0 spiro atoms. The first-order chi connectivity index (χ1) is 8.69. The highest BCUT2D eigenvalue weighted by molar-refractivity contribution is 5.69. The van der Waals surface area contributed by atoms with Gasteiger partial charge >= 0.3 is 5.97 Å². The summed E-state index contributed by atoms with van der Waals surface area (Å²) in [6.45, 7) is 7.82. The molecule has 4 heteroatoms. The Bertz CT molecular complexity index is 479. The number of ether oxygens (including phenoxy) is 1. The largest absolute Gasteiger partial charge is 0.496 e. The van der Waals surface area contributed by atoms with Crippen molar-refractivity contribution >= 4 is 5.97 Å². The van der Waals surface area contributed by atoms with Crippen LogP contribution in [0.1, 0.15) is 49.8 Å². The summed E-state index contributed by atoms with van der Waals surface area (Å²) in [5.74, 6) is 0.212. The number of aryl methyl sites for hydroxylation is 1. The van der Waals surface area contributed by atoms with Crippen LogP contribution >= 0.6 is 0 Å². The Labute approximate surface area is 114 Å². The maximum absolute atomic E-state index is 10.9. The van der Waals surface area contributed by atoms with Crippen molar-refractivity contribution in [2.24, 2.45) is 5.73 Å². The van der Waals surface area contributed by atoms with Crippen LogP contribution in [0.3, 0.4) is 0 Å². The van der Waals surface area contributed by atoms with Gasteiger partial charge in [-0.1, -0.05) is 13.8 Å². The molecule has 0 aromatic heterocycles. The number of aliphatic carboxylic acids is 1. The monoisotopic (exact) mass is 265 g/mol. The molecule has 19 heavy (non-hydrogen) atoms. The van der Waals surface area contributed by atoms with E-state index in [1.807, 2.05) is 19.1 Å². The summed E-state index contributed by atoms with van der Waals surface area (Å²) in [7, 11) is 1.64. The highest BCUT2D eigenvalue weighted by Gasteiger charge is 2.28. The molecule has 1 atom stereocenters. The minimum atomic E-state index is -0.897. The zero-order valence-electron chi connectivity index (χ0n) is 12.3. The summed E-state index contributed by atoms with van der Waals surface area (Å²) in [4.78, 5) is 10.9. The third-order valence-electron chi connectivity index (χ3n) is 3.33. The molecule has 0 aliphatic rings. The van der Waals surface area contributed by atoms with Crippen molar-refractivity contribution in [1.82, 2.24) is 0 Å². The molecule has 0 saturated heterocycles. The third kappa shape index (κ3) is 3.47. The van der Waals surface area contributed by atoms with E-state index in [-0.39, 0.29) is 12.3 Å². The molecule has 4 nitrogen and oxygen atoms in total. The SMILES string of the molecule is COc1cc(C)c(C(C)(N)CC(=O)O)cc1C(C)C. The summed E-state index contributed by atoms with van der Waals surface area (Å²) in [5, 5.41) is 8.98. The average molecular weight is 265 g/mol. The van der Waals surface area contributed by atoms with Crippen LogP contribution in [-0.2, 0) is 10.3 Å². The van der Waals surface area contributed by atoms with Crippen LogP contribution in [0.15, 0.2) is 12.1 Å². The summed E-state index contributed by atoms with van der Waals surface area (Å²) in [5.41, 5.74) is 8.15. The molecule has 3 N–H and O–H groups in total. The van der Waals surface area contributed by atoms with Gasteiger partial charge in [0.2, 0.25) is 0 Å². The fraction of sp³-hybridized carbons (Fsp3) is 0.533. The standard InChI is InChI=1S/C15H23NO3/c1-9(2)11-7-12(10(3)6-13(11)19-5)15(4,16)8-14(17)18/h6-7,9H,8,16H2,1-5H3,(H,17,18). The van der Waals surface area contributed by atoms with Gasteiger partial charge in [0, 0.05) is 5.54 Å². The molecule has 1 unspecified atom stereocenters. The lowest BCUT2D eigenvalue weighted by atomic mass is 9.84. The first kappa shape index (κ1) is 15.5. The van der Waals surface area contributed by atoms with Gasteiger partial charge in [0.25, 0.3) is 0 Å². The molecule has 0 aliphatic heterocycles. The molecule has 0 aliphatic carbocycles. The number of rotatable bonds is 5. The van der Waals surface area contributed by atoms with E-state index in [2.05, 4.69) is 13.8 Å². The molecule has 0 bridgehead atoms. The number of carboxylic acid groups (broad SMARTS) is 1. The van der Waals surface area contributed by atoms with Gasteiger partial charge in [-0.3, -0.25) is 4.79 Å². The van der Waals surface area contributed by atoms with Gasteiger partial charge in [0.05, 0.1) is 13.5 Å². The van der Waals surface area contributed by atoms with Gasteiger partial charge in [-0.25, -0.2) is 0 Å². The number of carbonyl (C=O) groups is 1. The van der Waals surface area contributed by atoms with Crippen LogP contribution < -0.4 is 10.5 Å². The van der Waals surface area contributed by atoms with Crippen LogP contribution in [0.2, 0.25) is 0 Å². The van der Waals surface area contributed by atoms with E-state index in [1.165, 1.54) is 0 Å². The van der Waals surface area contributed by atoms with Crippen molar-refractivity contribution in [3.63, 3.8) is 0 Å². The Balaban J connectivity index is 3.36. The minimum Gasteiger partial charge on any atom is -0.496 e. The topological polar surface area (TPSA) is 72.5 Å². The quantitative estimate of drug-likeness (QED) is 0.858. The third-order valence-corrected chi connectivity index (χ3v) is 3.33. The van der Waals surface area contributed by atoms with Gasteiger partial charge in [0.1, 0.15) is 5.75 Å². The van der Waals surface area contributed by atoms with Gasteiger partial charge in [-0.15, -0.1) is 0 Å². The minimum absolute atomic E-state index is 0.0995. The second-order valence-corrected chi connectivity index (χ2v) is 5.55. The maximum atomic E-state index is 10.9. The van der Waals surface area contributed by atoms with Crippen LogP contribution in [0.5, 0.6) is 5.75 Å². The van der Waals surface area contributed by atoms with Crippen molar-refractivity contribution < 1.29 is 14.6 Å². The zero-order chi connectivity index (χ0) is 14.8. The Morgan fingerprint density at radius 2 is 2.05 bits per heavy atom. The van der Waals surface area contributed by atoms with E-state index in [9.17, 15) is 4.79 Å². The van der Waals surface area contributed by atoms with Gasteiger partial charge in [0.15, 0.2) is 0 Å². The van der Waals surface area contributed by atoms with Crippen LogP contribution in [0.25, 0.3) is 0 Å². The van der Waals surface area contributed by atoms with Gasteiger partial charge in [-0.05, 0) is 48.6 Å². The van der Waals surface area contributed by atoms with Crippen molar-refractivity contribution in [1.29, 1.82) is 0 Å². The number of carboxylic acids is 1. The Morgan fingerprint density at radius 1 is 1.47 bits per heavy atom. The number of nitrogens with two attached hydrogens (primary N) is 1. The molecule has 0 heterocycles. The maximum Gasteiger partial charge on any atom is 0.305 e. The summed E-state index contributed by atoms with van der Waals surface area (Å²) in [6.07, 6.45) is -0.0995. The predicted molar refractivity (Wildman–Crippen MR) is 75.6 cm³/mol. The normalized spacial score (nSPS) is 14.3. The smallest absolute Gasteiger partial charge is 0.305 e. The van der Waals surface area contributed by atoms with E-state index in [1.54, 1.807) is 14.0 Å². The number of benzene rings is 1. The number of hydrogen-bond acceptors (Lipinski definition) is 3. The summed E-state index contributed by atoms with van der Waals surface area (Å²) < 4.78 is 5.38. The highest BCUT2D eigenvalue weighted by Crippen LogP contribution is 2.34. The average Bonchev–Trinajstić information content (AvgIpc) is 2.25. The second kappa shape index (κ2) is 5.61. The van der Waals surface area contributed by atoms with E-state index >= 15 is 0 Å². The summed E-state index contributed by atoms with van der Waals surface area (Å²) >= 11 is 0. The first-order valence-corrected chi connectivity index (χ1v) is 6.38. The van der Waals surface area contributed by atoms with Crippen LogP contribution in [0, 0.1) is 6.92 Å². The second-order valence-electron chi connectivity index (χ2n) is 5.55. The number of hydrogen-bond donors (Lipinski definition) is 2. The fourth-order valence-corrected chi connectivity index (χ4v) is 2.35. The highest BCUT2D eigenvalue weighted by atomic mass is 16.5. The van der Waals surface area contributed by atoms with Crippen molar-refractivity contribution in [3.8, 4) is 5.75 Å². The van der Waals surface area contributed by atoms with Crippen LogP contribution in [0.4, 0.5) is 0 Å². The molecule has 0 amide bonds. The molecule has 0 fully saturated rings. The first-order valence-electron chi connectivity index (χ1n) is 6.38. The van der Waals surface area contributed by atoms with Crippen LogP contribution in [-0.4, -0.2) is 18.2 Å². The van der Waals surface area contributed by atoms with Gasteiger partial charge in [-0.2, -0.15) is 0 Å². The lowest BCUT2D eigenvalue weighted by Crippen LogP contribution is -2.36. The lowest BCUT2D eigenvalue weighted by Gasteiger charge is -2.27. The molecular weight excluding hydrogens is 242 g/mol. The summed E-state index contributed by atoms with van der Waals surface area (Å²) in [6, 6.07) is 3.90. The zero-order valence-corrected chi connectivity index (χ0v) is 12.3. The molecular formula is C15H23NO3. The predicted octanol–water partition coefficient (Wildman–Crippen LogP) is 2.78. The Morgan fingerprint density at radius 3 is 2.47 bits per heavy atom. The Kier molecular flexibility index (Phi) is 4.58. The molecule has 0 saturated carbocycles. The van der Waals surface area contributed by atoms with Crippen molar-refractivity contribution in [2.75, 3.05) is 7.11 Å². The van der Waals surface area contributed by atoms with E-state index < -0.39 is 11.5 Å². The fourth-order valence-electron chi connectivity index (χ4n) is 2.35. The van der Waals surface area contributed by atoms with E-state index in [0.29, 0.717) is 0 Å². The Hall–Kier alpha value is -1.55. The van der Waals surface area contributed by atoms with Crippen molar-refractivity contribution in [2.45, 2.75) is 45.6 Å². The van der Waals surface area contributed by atoms with Gasteiger partial charge < -0.3 is 15.6 Å².